The van der Waals surface area contributed by atoms with Gasteiger partial charge in [0.1, 0.15) is 5.75 Å². The van der Waals surface area contributed by atoms with Crippen LogP contribution in [0.3, 0.4) is 0 Å². The lowest BCUT2D eigenvalue weighted by Crippen LogP contribution is -2.26. The Bertz CT molecular complexity index is 508. The number of nitrogens with two attached hydrogens (primary N) is 1. The number of benzene rings is 1. The molecule has 0 saturated heterocycles. The first-order valence-corrected chi connectivity index (χ1v) is 8.37. The average molecular weight is 309 g/mol. The Morgan fingerprint density at radius 1 is 1.52 bits per heavy atom. The third-order valence-electron chi connectivity index (χ3n) is 3.96. The number of ether oxygens (including phenoxy) is 1. The van der Waals surface area contributed by atoms with Crippen molar-refractivity contribution in [2.24, 2.45) is 10.9 Å². The molecule has 6 heteroatoms. The number of rotatable bonds is 6. The molecule has 1 aliphatic carbocycles. The Labute approximate surface area is 129 Å². The minimum Gasteiger partial charge on any atom is -0.496 e. The molecule has 1 fully saturated rings. The Balaban J connectivity index is 1.98. The molecule has 4 N–H and O–H groups in total. The molecule has 2 atom stereocenters. The van der Waals surface area contributed by atoms with Crippen molar-refractivity contribution >= 4 is 17.6 Å². The second-order valence-electron chi connectivity index (χ2n) is 5.27. The van der Waals surface area contributed by atoms with Crippen LogP contribution in [-0.2, 0) is 6.54 Å². The number of amidine groups is 1. The van der Waals surface area contributed by atoms with Gasteiger partial charge in [-0.1, -0.05) is 11.2 Å². The van der Waals surface area contributed by atoms with Gasteiger partial charge in [0.2, 0.25) is 0 Å². The maximum Gasteiger partial charge on any atom is 0.173 e. The van der Waals surface area contributed by atoms with Crippen molar-refractivity contribution < 1.29 is 9.94 Å². The van der Waals surface area contributed by atoms with E-state index < -0.39 is 0 Å². The minimum absolute atomic E-state index is 0.0602. The maximum absolute atomic E-state index is 8.77. The molecule has 0 aliphatic heterocycles. The third-order valence-corrected chi connectivity index (χ3v) is 5.06. The lowest BCUT2D eigenvalue weighted by Gasteiger charge is -2.14. The number of methoxy groups -OCH3 is 1. The van der Waals surface area contributed by atoms with Crippen LogP contribution in [0.5, 0.6) is 5.75 Å². The summed E-state index contributed by atoms with van der Waals surface area (Å²) in [5, 5.41) is 16.2. The summed E-state index contributed by atoms with van der Waals surface area (Å²) in [5.74, 6) is 0.683. The quantitative estimate of drug-likeness (QED) is 0.325. The molecule has 2 unspecified atom stereocenters. The fraction of sp³-hybridized carbons (Fsp3) is 0.533. The van der Waals surface area contributed by atoms with Crippen LogP contribution in [-0.4, -0.2) is 35.7 Å². The van der Waals surface area contributed by atoms with Crippen molar-refractivity contribution in [3.05, 3.63) is 29.3 Å². The van der Waals surface area contributed by atoms with Crippen LogP contribution >= 0.6 is 11.8 Å². The normalized spacial score (nSPS) is 22.5. The van der Waals surface area contributed by atoms with E-state index in [4.69, 9.17) is 15.7 Å². The molecular weight excluding hydrogens is 286 g/mol. The fourth-order valence-corrected chi connectivity index (χ4v) is 3.51. The predicted octanol–water partition coefficient (Wildman–Crippen LogP) is 2.16. The predicted molar refractivity (Wildman–Crippen MR) is 87.3 cm³/mol. The van der Waals surface area contributed by atoms with Gasteiger partial charge < -0.3 is 21.0 Å². The first-order chi connectivity index (χ1) is 10.2. The van der Waals surface area contributed by atoms with Crippen LogP contribution in [0.1, 0.15) is 30.4 Å². The molecule has 0 amide bonds. The topological polar surface area (TPSA) is 79.9 Å². The molecule has 21 heavy (non-hydrogen) atoms. The van der Waals surface area contributed by atoms with Gasteiger partial charge in [0.25, 0.3) is 0 Å². The van der Waals surface area contributed by atoms with Crippen molar-refractivity contribution in [2.75, 3.05) is 13.4 Å². The van der Waals surface area contributed by atoms with Gasteiger partial charge in [-0.25, -0.2) is 0 Å². The number of hydrogen-bond donors (Lipinski definition) is 3. The summed E-state index contributed by atoms with van der Waals surface area (Å²) in [5.41, 5.74) is 7.36. The zero-order valence-electron chi connectivity index (χ0n) is 12.5. The third kappa shape index (κ3) is 4.04. The minimum atomic E-state index is 0.0602. The van der Waals surface area contributed by atoms with Crippen LogP contribution in [0.4, 0.5) is 0 Å². The van der Waals surface area contributed by atoms with Crippen LogP contribution in [0.15, 0.2) is 23.4 Å². The molecule has 116 valence electrons. The van der Waals surface area contributed by atoms with E-state index in [0.29, 0.717) is 17.4 Å². The molecule has 1 saturated carbocycles. The second-order valence-corrected chi connectivity index (χ2v) is 6.41. The molecular formula is C15H23N3O2S. The fourth-order valence-electron chi connectivity index (χ4n) is 2.71. The van der Waals surface area contributed by atoms with Gasteiger partial charge in [0.15, 0.2) is 5.84 Å². The van der Waals surface area contributed by atoms with Crippen LogP contribution < -0.4 is 15.8 Å². The van der Waals surface area contributed by atoms with E-state index in [9.17, 15) is 0 Å². The molecule has 0 heterocycles. The van der Waals surface area contributed by atoms with Gasteiger partial charge in [-0.2, -0.15) is 11.8 Å². The van der Waals surface area contributed by atoms with Gasteiger partial charge >= 0.3 is 0 Å². The average Bonchev–Trinajstić information content (AvgIpc) is 3.00. The Kier molecular flexibility index (Phi) is 5.76. The molecule has 1 aromatic carbocycles. The number of oxime groups is 1. The smallest absolute Gasteiger partial charge is 0.173 e. The zero-order chi connectivity index (χ0) is 15.2. The largest absolute Gasteiger partial charge is 0.496 e. The highest BCUT2D eigenvalue weighted by Gasteiger charge is 2.23. The highest BCUT2D eigenvalue weighted by atomic mass is 32.2. The Morgan fingerprint density at radius 2 is 2.33 bits per heavy atom. The summed E-state index contributed by atoms with van der Waals surface area (Å²) in [4.78, 5) is 0. The van der Waals surface area contributed by atoms with Crippen molar-refractivity contribution in [1.82, 2.24) is 5.32 Å². The molecule has 0 aromatic heterocycles. The monoisotopic (exact) mass is 309 g/mol. The number of thioether (sulfide) groups is 1. The summed E-state index contributed by atoms with van der Waals surface area (Å²) in [6.07, 6.45) is 5.96. The highest BCUT2D eigenvalue weighted by molar-refractivity contribution is 7.99. The van der Waals surface area contributed by atoms with Gasteiger partial charge in [-0.15, -0.1) is 0 Å². The second kappa shape index (κ2) is 7.56. The van der Waals surface area contributed by atoms with E-state index in [1.54, 1.807) is 7.11 Å². The molecule has 5 nitrogen and oxygen atoms in total. The van der Waals surface area contributed by atoms with Crippen molar-refractivity contribution in [3.8, 4) is 5.75 Å². The SMILES string of the molecule is COc1cc(CNC2CCC(SC)C2)ccc1/C(N)=N/O. The number of hydrogen-bond acceptors (Lipinski definition) is 5. The first-order valence-electron chi connectivity index (χ1n) is 7.09. The Hall–Kier alpha value is -1.40. The van der Waals surface area contributed by atoms with E-state index >= 15 is 0 Å². The van der Waals surface area contributed by atoms with E-state index in [1.165, 1.54) is 19.3 Å². The summed E-state index contributed by atoms with van der Waals surface area (Å²) in [6.45, 7) is 0.804. The molecule has 1 aliphatic rings. The molecule has 1 aromatic rings. The first kappa shape index (κ1) is 16.0. The van der Waals surface area contributed by atoms with Gasteiger partial charge in [0, 0.05) is 17.8 Å². The summed E-state index contributed by atoms with van der Waals surface area (Å²) >= 11 is 1.96. The number of nitrogens with one attached hydrogen (secondary N) is 1. The van der Waals surface area contributed by atoms with E-state index in [1.807, 2.05) is 30.0 Å². The van der Waals surface area contributed by atoms with Gasteiger partial charge in [0.05, 0.1) is 12.7 Å². The summed E-state index contributed by atoms with van der Waals surface area (Å²) in [6, 6.07) is 6.33. The van der Waals surface area contributed by atoms with Gasteiger partial charge in [-0.05, 0) is 43.2 Å². The number of nitrogens with zero attached hydrogens (tertiary/aromatic N) is 1. The molecule has 0 spiro atoms. The molecule has 2 rings (SSSR count). The van der Waals surface area contributed by atoms with Crippen molar-refractivity contribution in [1.29, 1.82) is 0 Å². The van der Waals surface area contributed by atoms with Crippen LogP contribution in [0.25, 0.3) is 0 Å². The molecule has 0 radical (unpaired) electrons. The van der Waals surface area contributed by atoms with Gasteiger partial charge in [-0.3, -0.25) is 0 Å². The van der Waals surface area contributed by atoms with E-state index in [0.717, 1.165) is 17.4 Å². The van der Waals surface area contributed by atoms with Crippen LogP contribution in [0, 0.1) is 0 Å². The summed E-state index contributed by atoms with van der Waals surface area (Å²) < 4.78 is 5.31. The maximum atomic E-state index is 8.77. The lowest BCUT2D eigenvalue weighted by atomic mass is 10.1. The Morgan fingerprint density at radius 3 is 2.95 bits per heavy atom. The van der Waals surface area contributed by atoms with Crippen molar-refractivity contribution in [3.63, 3.8) is 0 Å². The van der Waals surface area contributed by atoms with E-state index in [-0.39, 0.29) is 5.84 Å². The highest BCUT2D eigenvalue weighted by Crippen LogP contribution is 2.28. The standard InChI is InChI=1S/C15H23N3O2S/c1-20-14-7-10(3-6-13(14)15(16)18-19)9-17-11-4-5-12(8-11)21-2/h3,6-7,11-12,17,19H,4-5,8-9H2,1-2H3,(H2,16,18). The van der Waals surface area contributed by atoms with E-state index in [2.05, 4.69) is 16.7 Å². The molecule has 0 bridgehead atoms. The zero-order valence-corrected chi connectivity index (χ0v) is 13.3. The van der Waals surface area contributed by atoms with Crippen LogP contribution in [0.2, 0.25) is 0 Å². The summed E-state index contributed by atoms with van der Waals surface area (Å²) in [7, 11) is 1.58. The van der Waals surface area contributed by atoms with Crippen molar-refractivity contribution in [2.45, 2.75) is 37.1 Å². The lowest BCUT2D eigenvalue weighted by molar-refractivity contribution is 0.318.